The van der Waals surface area contributed by atoms with Gasteiger partial charge in [0.2, 0.25) is 0 Å². The van der Waals surface area contributed by atoms with Crippen molar-refractivity contribution < 1.29 is 14.2 Å². The monoisotopic (exact) mass is 622 g/mol. The van der Waals surface area contributed by atoms with Crippen LogP contribution in [-0.4, -0.2) is 22.9 Å². The van der Waals surface area contributed by atoms with Gasteiger partial charge >= 0.3 is 0 Å². The van der Waals surface area contributed by atoms with Crippen molar-refractivity contribution >= 4 is 98.5 Å². The lowest BCUT2D eigenvalue weighted by molar-refractivity contribution is -0.116. The quantitative estimate of drug-likeness (QED) is 0.217. The number of aliphatic hydroxyl groups is 1. The van der Waals surface area contributed by atoms with Gasteiger partial charge in [-0.1, -0.05) is 42.4 Å². The van der Waals surface area contributed by atoms with E-state index in [2.05, 4.69) is 80.4 Å². The van der Waals surface area contributed by atoms with Crippen LogP contribution in [0.25, 0.3) is 0 Å². The third-order valence-electron chi connectivity index (χ3n) is 7.14. The average molecular weight is 622 g/mol. The van der Waals surface area contributed by atoms with Gasteiger partial charge in [0.1, 0.15) is 5.60 Å². The van der Waals surface area contributed by atoms with Crippen molar-refractivity contribution in [2.75, 3.05) is 0 Å². The lowest BCUT2D eigenvalue weighted by Gasteiger charge is -2.53. The Bertz CT molecular complexity index is 647. The fraction of sp³-hybridized carbons (Fsp3) is 0.857. The molecule has 0 aromatic rings. The molecule has 3 rings (SSSR count). The minimum atomic E-state index is -0.837. The predicted octanol–water partition coefficient (Wildman–Crippen LogP) is 8.79. The molecule has 3 aliphatic rings. The van der Waals surface area contributed by atoms with Gasteiger partial charge in [-0.05, 0) is 51.5 Å². The van der Waals surface area contributed by atoms with Crippen LogP contribution in [0.15, 0.2) is 11.6 Å². The van der Waals surface area contributed by atoms with Gasteiger partial charge in [-0.3, -0.25) is 0 Å². The SMILES string of the molecule is CC1=CCC2[C@H](OPP)[C@]3(O)CCC(OP(P(P)P)P(PP)P(P)P)C13C2(C)C. The van der Waals surface area contributed by atoms with E-state index in [9.17, 15) is 5.11 Å². The molecular formula is C14H34O3P12. The Morgan fingerprint density at radius 1 is 1.17 bits per heavy atom. The fourth-order valence-corrected chi connectivity index (χ4v) is 73.5. The maximum absolute atomic E-state index is 12.3. The Morgan fingerprint density at radius 3 is 2.34 bits per heavy atom. The number of rotatable bonds is 8. The average Bonchev–Trinajstić information content (AvgIpc) is 2.95. The second-order valence-electron chi connectivity index (χ2n) is 8.40. The van der Waals surface area contributed by atoms with Crippen molar-refractivity contribution in [1.29, 1.82) is 0 Å². The smallest absolute Gasteiger partial charge is 0.104 e. The zero-order chi connectivity index (χ0) is 21.8. The zero-order valence-electron chi connectivity index (χ0n) is 16.9. The fourth-order valence-electron chi connectivity index (χ4n) is 6.27. The van der Waals surface area contributed by atoms with E-state index in [4.69, 9.17) is 9.05 Å². The van der Waals surface area contributed by atoms with Crippen LogP contribution in [0.3, 0.4) is 0 Å². The highest BCUT2D eigenvalue weighted by Gasteiger charge is 2.79. The molecule has 2 fully saturated rings. The molecule has 15 heteroatoms. The van der Waals surface area contributed by atoms with Crippen LogP contribution >= 0.6 is 98.5 Å². The van der Waals surface area contributed by atoms with Gasteiger partial charge in [0.05, 0.1) is 25.1 Å². The van der Waals surface area contributed by atoms with E-state index < -0.39 is 13.1 Å². The Hall–Kier alpha value is 4.78. The van der Waals surface area contributed by atoms with Crippen LogP contribution in [0.2, 0.25) is 0 Å². The third kappa shape index (κ3) is 4.53. The standard InChI is InChI=1S/C14H34O3P12/c1-8-4-5-9-11(16-24-18)13(15)7-6-10(14(8,13)12(9,2)3)17-26(27(20)21)29(25-19)28(22)23/h4,9-11,15,24-25H,5-7,18-23H2,1-3H3/t9?,10?,11-,13+,14?,26?,29?/m0/s1. The van der Waals surface area contributed by atoms with Gasteiger partial charge in [0.25, 0.3) is 0 Å². The van der Waals surface area contributed by atoms with Crippen molar-refractivity contribution in [3.05, 3.63) is 11.6 Å². The molecule has 1 N–H and O–H groups in total. The van der Waals surface area contributed by atoms with Crippen molar-refractivity contribution in [2.24, 2.45) is 16.7 Å². The molecule has 0 saturated heterocycles. The Balaban J connectivity index is 2.06. The van der Waals surface area contributed by atoms with Gasteiger partial charge in [-0.15, -0.1) is 44.6 Å². The van der Waals surface area contributed by atoms with Crippen LogP contribution in [0.5, 0.6) is 0 Å². The molecule has 0 amide bonds. The first-order chi connectivity index (χ1) is 13.5. The van der Waals surface area contributed by atoms with Crippen molar-refractivity contribution in [2.45, 2.75) is 57.8 Å². The van der Waals surface area contributed by atoms with E-state index in [1.165, 1.54) is 5.57 Å². The number of hydrogen-bond acceptors (Lipinski definition) is 3. The second kappa shape index (κ2) is 11.0. The van der Waals surface area contributed by atoms with E-state index in [-0.39, 0.29) is 44.0 Å². The van der Waals surface area contributed by atoms with Gasteiger partial charge in [0, 0.05) is 15.5 Å². The molecule has 2 saturated carbocycles. The molecule has 0 radical (unpaired) electrons. The molecule has 0 aliphatic heterocycles. The minimum Gasteiger partial charge on any atom is -0.386 e. The zero-order valence-corrected chi connectivity index (χ0v) is 29.5. The van der Waals surface area contributed by atoms with E-state index in [0.717, 1.165) is 27.2 Å². The first-order valence-corrected chi connectivity index (χ1v) is 29.6. The molecule has 29 heavy (non-hydrogen) atoms. The van der Waals surface area contributed by atoms with Gasteiger partial charge < -0.3 is 14.2 Å². The molecule has 0 heterocycles. The summed E-state index contributed by atoms with van der Waals surface area (Å²) in [5.74, 6) is 0.334. The van der Waals surface area contributed by atoms with Crippen LogP contribution in [0, 0.1) is 16.7 Å². The lowest BCUT2D eigenvalue weighted by atomic mass is 9.54. The summed E-state index contributed by atoms with van der Waals surface area (Å²) >= 11 is 0. The van der Waals surface area contributed by atoms with E-state index >= 15 is 0 Å². The lowest BCUT2D eigenvalue weighted by Crippen LogP contribution is -2.56. The summed E-state index contributed by atoms with van der Waals surface area (Å²) in [6.45, 7) is 6.29. The summed E-state index contributed by atoms with van der Waals surface area (Å²) in [5, 5.41) is 12.3. The highest BCUT2D eigenvalue weighted by Crippen LogP contribution is 3.09. The minimum absolute atomic E-state index is 0.0546. The third-order valence-corrected chi connectivity index (χ3v) is 55.2. The summed E-state index contributed by atoms with van der Waals surface area (Å²) in [7, 11) is 18.5. The second-order valence-corrected chi connectivity index (χ2v) is 44.1. The Kier molecular flexibility index (Phi) is 10.8. The Morgan fingerprint density at radius 2 is 1.83 bits per heavy atom. The molecule has 1 spiro atoms. The normalized spacial score (nSPS) is 41.1. The van der Waals surface area contributed by atoms with Crippen molar-refractivity contribution in [1.82, 2.24) is 0 Å². The predicted molar refractivity (Wildman–Crippen MR) is 165 cm³/mol. The van der Waals surface area contributed by atoms with Gasteiger partial charge in [-0.2, -0.15) is 0 Å². The van der Waals surface area contributed by atoms with Gasteiger partial charge in [0.15, 0.2) is 0 Å². The van der Waals surface area contributed by atoms with Crippen LogP contribution in [-0.2, 0) is 9.05 Å². The molecule has 3 aliphatic carbocycles. The maximum Gasteiger partial charge on any atom is 0.104 e. The molecule has 0 aromatic heterocycles. The van der Waals surface area contributed by atoms with Gasteiger partial charge in [-0.25, -0.2) is 0 Å². The van der Waals surface area contributed by atoms with Crippen molar-refractivity contribution in [3.63, 3.8) is 0 Å². The molecule has 168 valence electrons. The van der Waals surface area contributed by atoms with E-state index in [1.54, 1.807) is 0 Å². The highest BCUT2D eigenvalue weighted by atomic mass is 33.1. The summed E-state index contributed by atoms with van der Waals surface area (Å²) in [5.41, 5.74) is 0.0807. The Labute approximate surface area is 198 Å². The van der Waals surface area contributed by atoms with Crippen molar-refractivity contribution in [3.8, 4) is 0 Å². The molecule has 3 nitrogen and oxygen atoms in total. The van der Waals surface area contributed by atoms with Crippen LogP contribution in [0.1, 0.15) is 40.0 Å². The molecule has 13 unspecified atom stereocenters. The largest absolute Gasteiger partial charge is 0.386 e. The first kappa shape index (κ1) is 28.4. The summed E-state index contributed by atoms with van der Waals surface area (Å²) in [6, 6.07) is 0. The number of hydrogen-bond donors (Lipinski definition) is 1. The number of fused-ring (bicyclic) bond motifs is 1. The molecule has 15 atom stereocenters. The summed E-state index contributed by atoms with van der Waals surface area (Å²) < 4.78 is 13.5. The molecular weight excluding hydrogens is 588 g/mol. The van der Waals surface area contributed by atoms with E-state index in [1.807, 2.05) is 0 Å². The summed E-state index contributed by atoms with van der Waals surface area (Å²) in [4.78, 5) is 0. The maximum atomic E-state index is 12.3. The van der Waals surface area contributed by atoms with Crippen LogP contribution < -0.4 is 0 Å². The summed E-state index contributed by atoms with van der Waals surface area (Å²) in [6.07, 6.45) is 5.02. The topological polar surface area (TPSA) is 38.7 Å². The molecule has 2 bridgehead atoms. The highest BCUT2D eigenvalue weighted by molar-refractivity contribution is 9.10. The number of allylic oxidation sites excluding steroid dienone is 1. The van der Waals surface area contributed by atoms with Crippen LogP contribution in [0.4, 0.5) is 0 Å². The first-order valence-electron chi connectivity index (χ1n) is 9.33. The van der Waals surface area contributed by atoms with E-state index in [0.29, 0.717) is 14.4 Å². The molecule has 0 aromatic carbocycles.